The van der Waals surface area contributed by atoms with Gasteiger partial charge in [-0.25, -0.2) is 0 Å². The van der Waals surface area contributed by atoms with Crippen LogP contribution in [0.25, 0.3) is 0 Å². The number of carbonyl (C=O) groups is 2. The summed E-state index contributed by atoms with van der Waals surface area (Å²) in [5.74, 6) is -0.189. The molecule has 0 unspecified atom stereocenters. The third kappa shape index (κ3) is 4.08. The summed E-state index contributed by atoms with van der Waals surface area (Å²) in [5, 5.41) is 14.4. The molecule has 1 aromatic heterocycles. The van der Waals surface area contributed by atoms with Crippen molar-refractivity contribution in [2.24, 2.45) is 5.92 Å². The number of ether oxygens (including phenoxy) is 2. The summed E-state index contributed by atoms with van der Waals surface area (Å²) >= 11 is 0. The Kier molecular flexibility index (Phi) is 6.09. The molecule has 8 nitrogen and oxygen atoms in total. The van der Waals surface area contributed by atoms with Gasteiger partial charge in [0.2, 0.25) is 5.91 Å². The van der Waals surface area contributed by atoms with Crippen molar-refractivity contribution in [3.8, 4) is 0 Å². The topological polar surface area (TPSA) is 101 Å². The van der Waals surface area contributed by atoms with Crippen molar-refractivity contribution in [2.75, 3.05) is 32.9 Å². The number of nitrogens with one attached hydrogen (secondary N) is 1. The molecule has 164 valence electrons. The number of likely N-dealkylation sites (tertiary alicyclic amines) is 1. The van der Waals surface area contributed by atoms with Crippen LogP contribution in [0.15, 0.2) is 24.4 Å². The van der Waals surface area contributed by atoms with Crippen LogP contribution in [-0.4, -0.2) is 77.0 Å². The molecule has 0 saturated carbocycles. The fraction of sp³-hybridized carbons (Fsp3) is 0.682. The number of pyridine rings is 1. The lowest BCUT2D eigenvalue weighted by Gasteiger charge is -2.53. The zero-order valence-corrected chi connectivity index (χ0v) is 17.5. The number of amides is 2. The molecular weight excluding hydrogens is 386 g/mol. The number of hydrogen-bond donors (Lipinski definition) is 2. The molecule has 1 spiro atoms. The second-order valence-electron chi connectivity index (χ2n) is 8.87. The van der Waals surface area contributed by atoms with Crippen molar-refractivity contribution in [3.63, 3.8) is 0 Å². The number of aliphatic hydroxyl groups excluding tert-OH is 1. The van der Waals surface area contributed by atoms with E-state index in [0.29, 0.717) is 70.7 Å². The van der Waals surface area contributed by atoms with Gasteiger partial charge < -0.3 is 24.8 Å². The Balaban J connectivity index is 1.41. The zero-order chi connectivity index (χ0) is 21.2. The van der Waals surface area contributed by atoms with Gasteiger partial charge in [0, 0.05) is 45.0 Å². The van der Waals surface area contributed by atoms with E-state index in [0.717, 1.165) is 0 Å². The molecule has 0 aliphatic carbocycles. The first-order valence-electron chi connectivity index (χ1n) is 10.9. The summed E-state index contributed by atoms with van der Waals surface area (Å²) in [6.45, 7) is 4.54. The smallest absolute Gasteiger partial charge is 0.272 e. The summed E-state index contributed by atoms with van der Waals surface area (Å²) < 4.78 is 11.5. The first-order chi connectivity index (χ1) is 14.4. The monoisotopic (exact) mass is 417 g/mol. The molecule has 3 fully saturated rings. The Bertz CT molecular complexity index is 759. The predicted octanol–water partition coefficient (Wildman–Crippen LogP) is 1.14. The second kappa shape index (κ2) is 8.61. The molecule has 0 aromatic carbocycles. The molecule has 1 aromatic rings. The maximum atomic E-state index is 12.8. The van der Waals surface area contributed by atoms with Gasteiger partial charge in [0.15, 0.2) is 0 Å². The van der Waals surface area contributed by atoms with Crippen LogP contribution in [0.2, 0.25) is 0 Å². The standard InChI is InChI=1S/C22H31N3O5/c1-21(24-18(26)16-5-13-29-14-6-16)9-15-30-22(20(21)28)7-11-25(12-8-22)19(27)17-4-2-3-10-23-17/h2-4,10,16,20,28H,5-9,11-15H2,1H3,(H,24,26)/t20-,21+/m0/s1. The number of rotatable bonds is 3. The molecular formula is C22H31N3O5. The van der Waals surface area contributed by atoms with Crippen LogP contribution in [-0.2, 0) is 14.3 Å². The zero-order valence-electron chi connectivity index (χ0n) is 17.5. The van der Waals surface area contributed by atoms with Gasteiger partial charge in [0.05, 0.1) is 11.1 Å². The van der Waals surface area contributed by atoms with Gasteiger partial charge in [-0.2, -0.15) is 0 Å². The van der Waals surface area contributed by atoms with Crippen molar-refractivity contribution in [1.29, 1.82) is 0 Å². The minimum absolute atomic E-state index is 0.0142. The third-order valence-electron chi connectivity index (χ3n) is 6.89. The molecule has 2 N–H and O–H groups in total. The molecule has 0 bridgehead atoms. The van der Waals surface area contributed by atoms with E-state index < -0.39 is 17.2 Å². The van der Waals surface area contributed by atoms with Crippen molar-refractivity contribution >= 4 is 11.8 Å². The van der Waals surface area contributed by atoms with Crippen LogP contribution in [0.3, 0.4) is 0 Å². The van der Waals surface area contributed by atoms with Crippen LogP contribution in [0.5, 0.6) is 0 Å². The SMILES string of the molecule is C[C@@]1(NC(=O)C2CCOCC2)CCOC2(CCN(C(=O)c3ccccn3)CC2)[C@H]1O. The Labute approximate surface area is 176 Å². The van der Waals surface area contributed by atoms with E-state index in [1.54, 1.807) is 29.3 Å². The highest BCUT2D eigenvalue weighted by Crippen LogP contribution is 2.40. The summed E-state index contributed by atoms with van der Waals surface area (Å²) in [5.41, 5.74) is -1.08. The number of hydrogen-bond acceptors (Lipinski definition) is 6. The largest absolute Gasteiger partial charge is 0.388 e. The van der Waals surface area contributed by atoms with Crippen molar-refractivity contribution < 1.29 is 24.2 Å². The van der Waals surface area contributed by atoms with E-state index in [-0.39, 0.29) is 17.7 Å². The molecule has 30 heavy (non-hydrogen) atoms. The molecule has 2 atom stereocenters. The molecule has 0 radical (unpaired) electrons. The Morgan fingerprint density at radius 2 is 1.90 bits per heavy atom. The maximum absolute atomic E-state index is 12.8. The predicted molar refractivity (Wildman–Crippen MR) is 109 cm³/mol. The lowest BCUT2D eigenvalue weighted by molar-refractivity contribution is -0.206. The average molecular weight is 418 g/mol. The number of aliphatic hydroxyl groups is 1. The van der Waals surface area contributed by atoms with Gasteiger partial charge in [-0.05, 0) is 51.2 Å². The van der Waals surface area contributed by atoms with E-state index in [2.05, 4.69) is 10.3 Å². The van der Waals surface area contributed by atoms with Crippen molar-refractivity contribution in [1.82, 2.24) is 15.2 Å². The first kappa shape index (κ1) is 21.2. The quantitative estimate of drug-likeness (QED) is 0.765. The lowest BCUT2D eigenvalue weighted by Crippen LogP contribution is -2.69. The van der Waals surface area contributed by atoms with E-state index in [1.165, 1.54) is 0 Å². The Hall–Kier alpha value is -2.03. The number of aromatic nitrogens is 1. The van der Waals surface area contributed by atoms with Gasteiger partial charge in [-0.15, -0.1) is 0 Å². The minimum atomic E-state index is -0.838. The van der Waals surface area contributed by atoms with Gasteiger partial charge >= 0.3 is 0 Å². The molecule has 3 aliphatic heterocycles. The van der Waals surface area contributed by atoms with Crippen LogP contribution in [0.1, 0.15) is 49.5 Å². The van der Waals surface area contributed by atoms with Crippen LogP contribution in [0.4, 0.5) is 0 Å². The summed E-state index contributed by atoms with van der Waals surface area (Å²) in [7, 11) is 0. The van der Waals surface area contributed by atoms with E-state index in [9.17, 15) is 14.7 Å². The highest BCUT2D eigenvalue weighted by Gasteiger charge is 2.54. The van der Waals surface area contributed by atoms with E-state index in [1.807, 2.05) is 6.92 Å². The molecule has 3 saturated heterocycles. The maximum Gasteiger partial charge on any atom is 0.272 e. The fourth-order valence-corrected chi connectivity index (χ4v) is 4.89. The highest BCUT2D eigenvalue weighted by molar-refractivity contribution is 5.92. The molecule has 2 amide bonds. The molecule has 8 heteroatoms. The normalized spacial score (nSPS) is 29.5. The highest BCUT2D eigenvalue weighted by atomic mass is 16.5. The molecule has 4 heterocycles. The lowest BCUT2D eigenvalue weighted by atomic mass is 9.72. The number of nitrogens with zero attached hydrogens (tertiary/aromatic N) is 2. The van der Waals surface area contributed by atoms with E-state index >= 15 is 0 Å². The van der Waals surface area contributed by atoms with Gasteiger partial charge in [0.1, 0.15) is 11.8 Å². The molecule has 3 aliphatic rings. The summed E-state index contributed by atoms with van der Waals surface area (Å²) in [6, 6.07) is 5.29. The third-order valence-corrected chi connectivity index (χ3v) is 6.89. The first-order valence-corrected chi connectivity index (χ1v) is 10.9. The summed E-state index contributed by atoms with van der Waals surface area (Å²) in [4.78, 5) is 31.4. The minimum Gasteiger partial charge on any atom is -0.388 e. The Morgan fingerprint density at radius 1 is 1.17 bits per heavy atom. The average Bonchev–Trinajstić information content (AvgIpc) is 2.79. The van der Waals surface area contributed by atoms with Gasteiger partial charge in [0.25, 0.3) is 5.91 Å². The number of piperidine rings is 1. The fourth-order valence-electron chi connectivity index (χ4n) is 4.89. The van der Waals surface area contributed by atoms with Gasteiger partial charge in [-0.1, -0.05) is 6.07 Å². The second-order valence-corrected chi connectivity index (χ2v) is 8.87. The van der Waals surface area contributed by atoms with Crippen LogP contribution >= 0.6 is 0 Å². The Morgan fingerprint density at radius 3 is 2.57 bits per heavy atom. The van der Waals surface area contributed by atoms with Crippen LogP contribution < -0.4 is 5.32 Å². The van der Waals surface area contributed by atoms with Gasteiger partial charge in [-0.3, -0.25) is 14.6 Å². The number of carbonyl (C=O) groups excluding carboxylic acids is 2. The van der Waals surface area contributed by atoms with E-state index in [4.69, 9.17) is 9.47 Å². The van der Waals surface area contributed by atoms with Crippen molar-refractivity contribution in [2.45, 2.75) is 56.3 Å². The molecule has 4 rings (SSSR count). The van der Waals surface area contributed by atoms with Crippen LogP contribution in [0, 0.1) is 5.92 Å². The van der Waals surface area contributed by atoms with Crippen molar-refractivity contribution in [3.05, 3.63) is 30.1 Å². The summed E-state index contributed by atoms with van der Waals surface area (Å²) in [6.07, 6.45) is 3.80.